The van der Waals surface area contributed by atoms with Crippen LogP contribution in [0.3, 0.4) is 0 Å². The van der Waals surface area contributed by atoms with E-state index in [0.29, 0.717) is 5.56 Å². The molecule has 0 aromatic heterocycles. The van der Waals surface area contributed by atoms with Crippen molar-refractivity contribution in [2.45, 2.75) is 4.90 Å². The average molecular weight is 287 g/mol. The summed E-state index contributed by atoms with van der Waals surface area (Å²) >= 11 is 0. The van der Waals surface area contributed by atoms with E-state index in [1.165, 1.54) is 12.1 Å². The molecule has 0 heterocycles. The van der Waals surface area contributed by atoms with E-state index in [1.807, 2.05) is 0 Å². The number of nitrogens with two attached hydrogens (primary N) is 1. The second-order valence-corrected chi connectivity index (χ2v) is 6.02. The van der Waals surface area contributed by atoms with Crippen LogP contribution >= 0.6 is 0 Å². The zero-order valence-electron chi connectivity index (χ0n) is 10.2. The average Bonchev–Trinajstić information content (AvgIpc) is 2.43. The lowest BCUT2D eigenvalue weighted by Crippen LogP contribution is -2.22. The maximum Gasteiger partial charge on any atom is 0.238 e. The molecular formula is C14H9NO4S. The molecule has 0 radical (unpaired) electrons. The first-order valence-electron chi connectivity index (χ1n) is 5.75. The smallest absolute Gasteiger partial charge is 0.238 e. The maximum atomic E-state index is 12.3. The lowest BCUT2D eigenvalue weighted by molar-refractivity contribution is 0.0979. The van der Waals surface area contributed by atoms with Crippen molar-refractivity contribution in [1.82, 2.24) is 0 Å². The Bertz CT molecular complexity index is 868. The Labute approximate surface area is 115 Å². The largest absolute Gasteiger partial charge is 0.289 e. The number of ketones is 2. The minimum absolute atomic E-state index is 0.0697. The van der Waals surface area contributed by atoms with E-state index >= 15 is 0 Å². The molecule has 0 saturated heterocycles. The molecule has 5 nitrogen and oxygen atoms in total. The molecule has 1 aliphatic rings. The highest BCUT2D eigenvalue weighted by atomic mass is 32.2. The summed E-state index contributed by atoms with van der Waals surface area (Å²) in [6.07, 6.45) is 0. The number of fused-ring (bicyclic) bond motifs is 2. The summed E-state index contributed by atoms with van der Waals surface area (Å²) in [6.45, 7) is 0. The van der Waals surface area contributed by atoms with Crippen LogP contribution < -0.4 is 5.14 Å². The molecule has 0 bridgehead atoms. The molecule has 0 amide bonds. The summed E-state index contributed by atoms with van der Waals surface area (Å²) in [5.41, 5.74) is 0.867. The van der Waals surface area contributed by atoms with Gasteiger partial charge in [0.2, 0.25) is 10.0 Å². The van der Waals surface area contributed by atoms with Crippen molar-refractivity contribution in [3.05, 3.63) is 64.7 Å². The van der Waals surface area contributed by atoms with E-state index in [-0.39, 0.29) is 33.2 Å². The second-order valence-electron chi connectivity index (χ2n) is 4.46. The van der Waals surface area contributed by atoms with Crippen LogP contribution in [0.25, 0.3) is 0 Å². The molecule has 0 aliphatic heterocycles. The normalized spacial score (nSPS) is 13.8. The summed E-state index contributed by atoms with van der Waals surface area (Å²) < 4.78 is 22.7. The molecular weight excluding hydrogens is 278 g/mol. The molecule has 100 valence electrons. The third-order valence-electron chi connectivity index (χ3n) is 3.23. The minimum atomic E-state index is -3.92. The van der Waals surface area contributed by atoms with E-state index in [0.717, 1.165) is 6.07 Å². The van der Waals surface area contributed by atoms with Crippen LogP contribution in [-0.2, 0) is 10.0 Å². The summed E-state index contributed by atoms with van der Waals surface area (Å²) in [4.78, 5) is 24.4. The van der Waals surface area contributed by atoms with Crippen molar-refractivity contribution < 1.29 is 18.0 Å². The Balaban J connectivity index is 2.29. The number of carbonyl (C=O) groups excluding carboxylic acids is 2. The van der Waals surface area contributed by atoms with Gasteiger partial charge in [-0.2, -0.15) is 0 Å². The first-order valence-corrected chi connectivity index (χ1v) is 7.29. The van der Waals surface area contributed by atoms with Gasteiger partial charge in [-0.1, -0.05) is 24.3 Å². The Kier molecular flexibility index (Phi) is 2.60. The standard InChI is InChI=1S/C14H9NO4S/c15-20(18,19)8-5-6-11-12(7-8)14(17)10-4-2-1-3-9(10)13(11)16/h1-7H,(H2,15,18,19). The molecule has 6 heteroatoms. The molecule has 0 saturated carbocycles. The van der Waals surface area contributed by atoms with Gasteiger partial charge in [-0.15, -0.1) is 0 Å². The van der Waals surface area contributed by atoms with Crippen molar-refractivity contribution in [1.29, 1.82) is 0 Å². The Morgan fingerprint density at radius 1 is 0.750 bits per heavy atom. The SMILES string of the molecule is NS(=O)(=O)c1ccc2c(c1)C(=O)c1ccccc1C2=O. The second kappa shape index (κ2) is 4.09. The monoisotopic (exact) mass is 287 g/mol. The zero-order valence-corrected chi connectivity index (χ0v) is 11.0. The van der Waals surface area contributed by atoms with Gasteiger partial charge in [0.1, 0.15) is 0 Å². The van der Waals surface area contributed by atoms with Crippen LogP contribution in [0.4, 0.5) is 0 Å². The van der Waals surface area contributed by atoms with Gasteiger partial charge < -0.3 is 0 Å². The Morgan fingerprint density at radius 3 is 1.80 bits per heavy atom. The highest BCUT2D eigenvalue weighted by Crippen LogP contribution is 2.28. The van der Waals surface area contributed by atoms with Crippen LogP contribution in [0.2, 0.25) is 0 Å². The molecule has 2 aromatic carbocycles. The number of rotatable bonds is 1. The fraction of sp³-hybridized carbons (Fsp3) is 0. The summed E-state index contributed by atoms with van der Waals surface area (Å²) in [5, 5.41) is 5.04. The summed E-state index contributed by atoms with van der Waals surface area (Å²) in [7, 11) is -3.92. The molecule has 0 fully saturated rings. The molecule has 2 N–H and O–H groups in total. The molecule has 0 atom stereocenters. The number of primary sulfonamides is 1. The highest BCUT2D eigenvalue weighted by Gasteiger charge is 2.30. The van der Waals surface area contributed by atoms with Crippen LogP contribution in [0.15, 0.2) is 47.4 Å². The Hall–Kier alpha value is -2.31. The number of benzene rings is 2. The minimum Gasteiger partial charge on any atom is -0.289 e. The lowest BCUT2D eigenvalue weighted by atomic mass is 9.84. The summed E-state index contributed by atoms with van der Waals surface area (Å²) in [5.74, 6) is -0.670. The number of sulfonamides is 1. The number of carbonyl (C=O) groups is 2. The quantitative estimate of drug-likeness (QED) is 0.725. The maximum absolute atomic E-state index is 12.3. The first-order chi connectivity index (χ1) is 9.39. The fourth-order valence-corrected chi connectivity index (χ4v) is 2.80. The van der Waals surface area contributed by atoms with Crippen LogP contribution in [0.5, 0.6) is 0 Å². The van der Waals surface area contributed by atoms with Crippen LogP contribution in [0.1, 0.15) is 31.8 Å². The zero-order chi connectivity index (χ0) is 14.5. The lowest BCUT2D eigenvalue weighted by Gasteiger charge is -2.17. The van der Waals surface area contributed by atoms with Crippen LogP contribution in [-0.4, -0.2) is 20.0 Å². The van der Waals surface area contributed by atoms with Gasteiger partial charge in [-0.05, 0) is 18.2 Å². The number of hydrogen-bond donors (Lipinski definition) is 1. The third kappa shape index (κ3) is 1.77. The van der Waals surface area contributed by atoms with E-state index in [1.54, 1.807) is 24.3 Å². The molecule has 20 heavy (non-hydrogen) atoms. The predicted molar refractivity (Wildman–Crippen MR) is 71.1 cm³/mol. The van der Waals surface area contributed by atoms with Gasteiger partial charge in [-0.25, -0.2) is 13.6 Å². The molecule has 0 unspecified atom stereocenters. The topological polar surface area (TPSA) is 94.3 Å². The van der Waals surface area contributed by atoms with Crippen molar-refractivity contribution in [2.24, 2.45) is 5.14 Å². The van der Waals surface area contributed by atoms with Gasteiger partial charge in [0.25, 0.3) is 0 Å². The first kappa shape index (κ1) is 12.7. The third-order valence-corrected chi connectivity index (χ3v) is 4.14. The van der Waals surface area contributed by atoms with E-state index in [4.69, 9.17) is 5.14 Å². The molecule has 2 aromatic rings. The van der Waals surface area contributed by atoms with Gasteiger partial charge >= 0.3 is 0 Å². The van der Waals surface area contributed by atoms with Crippen molar-refractivity contribution in [3.63, 3.8) is 0 Å². The predicted octanol–water partition coefficient (Wildman–Crippen LogP) is 1.11. The van der Waals surface area contributed by atoms with E-state index in [9.17, 15) is 18.0 Å². The van der Waals surface area contributed by atoms with Gasteiger partial charge in [0.15, 0.2) is 11.6 Å². The van der Waals surface area contributed by atoms with Gasteiger partial charge in [0.05, 0.1) is 4.90 Å². The van der Waals surface area contributed by atoms with Crippen molar-refractivity contribution in [3.8, 4) is 0 Å². The van der Waals surface area contributed by atoms with Gasteiger partial charge in [0, 0.05) is 22.3 Å². The van der Waals surface area contributed by atoms with E-state index < -0.39 is 10.0 Å². The number of hydrogen-bond acceptors (Lipinski definition) is 4. The van der Waals surface area contributed by atoms with E-state index in [2.05, 4.69) is 0 Å². The van der Waals surface area contributed by atoms with Crippen molar-refractivity contribution >= 4 is 21.6 Å². The summed E-state index contributed by atoms with van der Waals surface area (Å²) in [6, 6.07) is 10.2. The highest BCUT2D eigenvalue weighted by molar-refractivity contribution is 7.89. The van der Waals surface area contributed by atoms with Gasteiger partial charge in [-0.3, -0.25) is 9.59 Å². The van der Waals surface area contributed by atoms with Crippen LogP contribution in [0, 0.1) is 0 Å². The molecule has 0 spiro atoms. The molecule has 3 rings (SSSR count). The Morgan fingerprint density at radius 2 is 1.25 bits per heavy atom. The molecule has 1 aliphatic carbocycles. The van der Waals surface area contributed by atoms with Crippen molar-refractivity contribution in [2.75, 3.05) is 0 Å². The fourth-order valence-electron chi connectivity index (χ4n) is 2.26.